The van der Waals surface area contributed by atoms with Gasteiger partial charge in [-0.2, -0.15) is 0 Å². The second-order valence-corrected chi connectivity index (χ2v) is 6.74. The predicted octanol–water partition coefficient (Wildman–Crippen LogP) is 4.99. The van der Waals surface area contributed by atoms with Crippen molar-refractivity contribution in [1.82, 2.24) is 9.97 Å². The van der Waals surface area contributed by atoms with Crippen molar-refractivity contribution in [2.45, 2.75) is 13.8 Å². The van der Waals surface area contributed by atoms with Crippen molar-refractivity contribution >= 4 is 43.1 Å². The molecule has 0 bridgehead atoms. The molecule has 4 rings (SSSR count). The second kappa shape index (κ2) is 4.36. The number of aryl methyl sites for hydroxylation is 2. The fourth-order valence-electron chi connectivity index (χ4n) is 2.39. The summed E-state index contributed by atoms with van der Waals surface area (Å²) >= 11 is 3.30. The van der Waals surface area contributed by atoms with E-state index in [1.807, 2.05) is 0 Å². The minimum atomic E-state index is 1.04. The molecule has 0 saturated carbocycles. The molecular formula is C16H11N2S2. The second-order valence-electron chi connectivity index (χ2n) is 4.88. The van der Waals surface area contributed by atoms with Crippen molar-refractivity contribution in [2.75, 3.05) is 0 Å². The van der Waals surface area contributed by atoms with Crippen LogP contribution in [0.4, 0.5) is 0 Å². The molecule has 2 aromatic heterocycles. The zero-order chi connectivity index (χ0) is 13.7. The zero-order valence-corrected chi connectivity index (χ0v) is 12.7. The molecule has 0 aliphatic carbocycles. The molecule has 0 spiro atoms. The molecule has 0 N–H and O–H groups in total. The van der Waals surface area contributed by atoms with E-state index in [9.17, 15) is 0 Å². The van der Waals surface area contributed by atoms with E-state index in [-0.39, 0.29) is 0 Å². The third kappa shape index (κ3) is 1.76. The SMILES string of the molecule is Cc1ccc2nc(-c3ccc4s[c]nc4c3C)sc2c1. The molecule has 20 heavy (non-hydrogen) atoms. The minimum absolute atomic E-state index is 1.04. The van der Waals surface area contributed by atoms with Gasteiger partial charge < -0.3 is 0 Å². The van der Waals surface area contributed by atoms with E-state index in [0.717, 1.165) is 16.0 Å². The molecule has 0 amide bonds. The lowest BCUT2D eigenvalue weighted by Gasteiger charge is -2.02. The standard InChI is InChI=1S/C16H11N2S2/c1-9-3-5-12-14(7-9)20-16(18-12)11-4-6-13-15(10(11)2)17-8-19-13/h3-7H,1-2H3. The van der Waals surface area contributed by atoms with E-state index < -0.39 is 0 Å². The van der Waals surface area contributed by atoms with Crippen LogP contribution in [-0.4, -0.2) is 9.97 Å². The van der Waals surface area contributed by atoms with Crippen molar-refractivity contribution in [3.05, 3.63) is 47.0 Å². The van der Waals surface area contributed by atoms with E-state index in [1.54, 1.807) is 22.7 Å². The van der Waals surface area contributed by atoms with Crippen LogP contribution >= 0.6 is 22.7 Å². The third-order valence-electron chi connectivity index (χ3n) is 3.48. The van der Waals surface area contributed by atoms with Crippen LogP contribution in [0.25, 0.3) is 31.0 Å². The number of benzene rings is 2. The molecule has 4 heteroatoms. The summed E-state index contributed by atoms with van der Waals surface area (Å²) in [6, 6.07) is 10.7. The van der Waals surface area contributed by atoms with Crippen molar-refractivity contribution in [3.8, 4) is 10.6 Å². The van der Waals surface area contributed by atoms with Gasteiger partial charge in [0.2, 0.25) is 0 Å². The van der Waals surface area contributed by atoms with Crippen LogP contribution in [0.2, 0.25) is 0 Å². The maximum Gasteiger partial charge on any atom is 0.153 e. The summed E-state index contributed by atoms with van der Waals surface area (Å²) in [5.41, 5.74) is 8.72. The van der Waals surface area contributed by atoms with E-state index in [2.05, 4.69) is 54.7 Å². The van der Waals surface area contributed by atoms with Crippen LogP contribution in [0, 0.1) is 19.4 Å². The number of thiazole rings is 2. The molecule has 4 aromatic rings. The van der Waals surface area contributed by atoms with E-state index >= 15 is 0 Å². The molecule has 0 aliphatic heterocycles. The van der Waals surface area contributed by atoms with E-state index in [0.29, 0.717) is 0 Å². The molecule has 97 valence electrons. The Morgan fingerprint density at radius 1 is 1.05 bits per heavy atom. The van der Waals surface area contributed by atoms with Gasteiger partial charge in [0.1, 0.15) is 5.01 Å². The topological polar surface area (TPSA) is 25.8 Å². The molecule has 0 unspecified atom stereocenters. The number of hydrogen-bond donors (Lipinski definition) is 0. The van der Waals surface area contributed by atoms with Gasteiger partial charge in [-0.1, -0.05) is 12.1 Å². The number of nitrogens with zero attached hydrogens (tertiary/aromatic N) is 2. The first-order chi connectivity index (χ1) is 9.72. The van der Waals surface area contributed by atoms with Crippen LogP contribution in [0.3, 0.4) is 0 Å². The highest BCUT2D eigenvalue weighted by atomic mass is 32.1. The number of fused-ring (bicyclic) bond motifs is 2. The normalized spacial score (nSPS) is 11.5. The summed E-state index contributed by atoms with van der Waals surface area (Å²) in [6.07, 6.45) is 0. The molecule has 2 heterocycles. The fraction of sp³-hybridized carbons (Fsp3) is 0.125. The third-order valence-corrected chi connectivity index (χ3v) is 5.26. The highest BCUT2D eigenvalue weighted by Crippen LogP contribution is 2.35. The van der Waals surface area contributed by atoms with Gasteiger partial charge in [-0.05, 0) is 43.2 Å². The zero-order valence-electron chi connectivity index (χ0n) is 11.1. The Balaban J connectivity index is 1.98. The summed E-state index contributed by atoms with van der Waals surface area (Å²) in [5, 5.41) is 1.07. The first kappa shape index (κ1) is 12.0. The fourth-order valence-corrected chi connectivity index (χ4v) is 4.21. The van der Waals surface area contributed by atoms with Gasteiger partial charge in [0.15, 0.2) is 5.51 Å². The molecule has 0 aliphatic rings. The quantitative estimate of drug-likeness (QED) is 0.494. The number of rotatable bonds is 1. The first-order valence-electron chi connectivity index (χ1n) is 6.36. The first-order valence-corrected chi connectivity index (χ1v) is 7.99. The molecule has 0 atom stereocenters. The largest absolute Gasteiger partial charge is 0.236 e. The molecule has 2 aromatic carbocycles. The van der Waals surface area contributed by atoms with Crippen LogP contribution in [0.15, 0.2) is 30.3 Å². The average Bonchev–Trinajstić information content (AvgIpc) is 3.04. The van der Waals surface area contributed by atoms with Gasteiger partial charge in [-0.15, -0.1) is 22.7 Å². The van der Waals surface area contributed by atoms with Crippen LogP contribution < -0.4 is 0 Å². The highest BCUT2D eigenvalue weighted by molar-refractivity contribution is 7.21. The molecule has 0 fully saturated rings. The Kier molecular flexibility index (Phi) is 2.62. The highest BCUT2D eigenvalue weighted by Gasteiger charge is 2.12. The Morgan fingerprint density at radius 2 is 1.95 bits per heavy atom. The van der Waals surface area contributed by atoms with Crippen molar-refractivity contribution in [3.63, 3.8) is 0 Å². The Bertz CT molecular complexity index is 934. The minimum Gasteiger partial charge on any atom is -0.236 e. The Labute approximate surface area is 124 Å². The summed E-state index contributed by atoms with van der Waals surface area (Å²) in [4.78, 5) is 9.10. The van der Waals surface area contributed by atoms with Crippen LogP contribution in [0.1, 0.15) is 11.1 Å². The van der Waals surface area contributed by atoms with Crippen molar-refractivity contribution in [2.24, 2.45) is 0 Å². The van der Waals surface area contributed by atoms with Gasteiger partial charge in [0.25, 0.3) is 0 Å². The molecular weight excluding hydrogens is 284 g/mol. The van der Waals surface area contributed by atoms with Gasteiger partial charge in [-0.3, -0.25) is 0 Å². The lowest BCUT2D eigenvalue weighted by Crippen LogP contribution is -1.84. The smallest absolute Gasteiger partial charge is 0.153 e. The van der Waals surface area contributed by atoms with Crippen LogP contribution in [0.5, 0.6) is 0 Å². The van der Waals surface area contributed by atoms with Crippen molar-refractivity contribution < 1.29 is 0 Å². The predicted molar refractivity (Wildman–Crippen MR) is 86.5 cm³/mol. The van der Waals surface area contributed by atoms with Crippen LogP contribution in [-0.2, 0) is 0 Å². The summed E-state index contributed by atoms with van der Waals surface area (Å²) in [6.45, 7) is 4.23. The summed E-state index contributed by atoms with van der Waals surface area (Å²) < 4.78 is 2.42. The lowest BCUT2D eigenvalue weighted by molar-refractivity contribution is 1.39. The lowest BCUT2D eigenvalue weighted by atomic mass is 10.1. The Morgan fingerprint density at radius 3 is 2.85 bits per heavy atom. The maximum absolute atomic E-state index is 4.76. The van der Waals surface area contributed by atoms with Gasteiger partial charge in [-0.25, -0.2) is 9.97 Å². The summed E-state index contributed by atoms with van der Waals surface area (Å²) in [5.74, 6) is 0. The molecule has 0 saturated heterocycles. The van der Waals surface area contributed by atoms with Crippen molar-refractivity contribution in [1.29, 1.82) is 0 Å². The monoisotopic (exact) mass is 295 g/mol. The van der Waals surface area contributed by atoms with Gasteiger partial charge in [0.05, 0.1) is 20.4 Å². The Hall–Kier alpha value is -1.78. The molecule has 1 radical (unpaired) electrons. The average molecular weight is 295 g/mol. The van der Waals surface area contributed by atoms with Gasteiger partial charge in [0, 0.05) is 5.56 Å². The van der Waals surface area contributed by atoms with Gasteiger partial charge >= 0.3 is 0 Å². The van der Waals surface area contributed by atoms with E-state index in [4.69, 9.17) is 4.98 Å². The van der Waals surface area contributed by atoms with E-state index in [1.165, 1.54) is 26.1 Å². The number of aromatic nitrogens is 2. The maximum atomic E-state index is 4.76. The number of hydrogen-bond acceptors (Lipinski definition) is 4. The summed E-state index contributed by atoms with van der Waals surface area (Å²) in [7, 11) is 0. The molecule has 2 nitrogen and oxygen atoms in total.